The molecule has 0 bridgehead atoms. The first-order chi connectivity index (χ1) is 5.65. The van der Waals surface area contributed by atoms with Gasteiger partial charge in [0, 0.05) is 0 Å². The molecule has 1 fully saturated rings. The van der Waals surface area contributed by atoms with E-state index in [1.807, 2.05) is 0 Å². The van der Waals surface area contributed by atoms with Crippen molar-refractivity contribution in [3.05, 3.63) is 0 Å². The Morgan fingerprint density at radius 2 is 2.33 bits per heavy atom. The van der Waals surface area contributed by atoms with E-state index in [1.165, 1.54) is 0 Å². The minimum absolute atomic E-state index is 0.114. The van der Waals surface area contributed by atoms with E-state index in [-0.39, 0.29) is 13.0 Å². The first-order valence-corrected chi connectivity index (χ1v) is 4.95. The lowest BCUT2D eigenvalue weighted by molar-refractivity contribution is -0.151. The highest BCUT2D eigenvalue weighted by Crippen LogP contribution is 2.35. The third-order valence-corrected chi connectivity index (χ3v) is 3.02. The highest BCUT2D eigenvalue weighted by molar-refractivity contribution is 7.41. The Hall–Kier alpha value is -0.670. The highest BCUT2D eigenvalue weighted by Gasteiger charge is 2.38. The van der Waals surface area contributed by atoms with Gasteiger partial charge in [0.05, 0.1) is 13.0 Å². The van der Waals surface area contributed by atoms with E-state index >= 15 is 0 Å². The number of ether oxygens (including phenoxy) is 1. The van der Waals surface area contributed by atoms with E-state index in [1.54, 1.807) is 6.92 Å². The summed E-state index contributed by atoms with van der Waals surface area (Å²) in [4.78, 5) is 21.4. The quantitative estimate of drug-likeness (QED) is 0.366. The van der Waals surface area contributed by atoms with Crippen molar-refractivity contribution in [2.24, 2.45) is 0 Å². The summed E-state index contributed by atoms with van der Waals surface area (Å²) in [5, 5.41) is 0. The third kappa shape index (κ3) is 1.93. The zero-order valence-corrected chi connectivity index (χ0v) is 7.53. The molecule has 0 amide bonds. The summed E-state index contributed by atoms with van der Waals surface area (Å²) in [7, 11) is -2.44. The summed E-state index contributed by atoms with van der Waals surface area (Å²) in [6.07, 6.45) is -0.114. The summed E-state index contributed by atoms with van der Waals surface area (Å²) in [6, 6.07) is 0. The van der Waals surface area contributed by atoms with Crippen LogP contribution in [0.3, 0.4) is 0 Å². The number of hydrogen-bond donors (Lipinski definition) is 0. The maximum Gasteiger partial charge on any atom is 0.326 e. The predicted octanol–water partition coefficient (Wildman–Crippen LogP) is 0.340. The van der Waals surface area contributed by atoms with Crippen LogP contribution >= 0.6 is 8.03 Å². The number of carbonyl (C=O) groups is 2. The topological polar surface area (TPSA) is 69.7 Å². The summed E-state index contributed by atoms with van der Waals surface area (Å²) < 4.78 is 20.1. The Morgan fingerprint density at radius 1 is 1.67 bits per heavy atom. The molecule has 0 aromatic heterocycles. The van der Waals surface area contributed by atoms with Crippen LogP contribution in [0.4, 0.5) is 0 Å². The van der Waals surface area contributed by atoms with Gasteiger partial charge in [0.2, 0.25) is 8.03 Å². The first-order valence-electron chi connectivity index (χ1n) is 3.56. The van der Waals surface area contributed by atoms with Gasteiger partial charge in [0.25, 0.3) is 0 Å². The monoisotopic (exact) mass is 192 g/mol. The molecule has 1 aliphatic rings. The molecule has 5 nitrogen and oxygen atoms in total. The second kappa shape index (κ2) is 3.83. The number of cyclic esters (lactones) is 2. The van der Waals surface area contributed by atoms with Crippen LogP contribution in [0.1, 0.15) is 13.3 Å². The molecule has 0 saturated carbocycles. The molecular formula is C6H9O5P. The standard InChI is InChI=1S/C6H9O5P/c1-2-10-12(9)4-3-5(7)11-6(4)8/h4,12H,2-3H2,1H3. The zero-order chi connectivity index (χ0) is 9.14. The SMILES string of the molecule is CCO[PH](=O)C1CC(=O)OC1=O. The maximum absolute atomic E-state index is 11.1. The molecule has 1 heterocycles. The predicted molar refractivity (Wildman–Crippen MR) is 40.1 cm³/mol. The number of carbonyl (C=O) groups excluding carboxylic acids is 2. The highest BCUT2D eigenvalue weighted by atomic mass is 31.1. The van der Waals surface area contributed by atoms with Gasteiger partial charge in [0.1, 0.15) is 5.66 Å². The van der Waals surface area contributed by atoms with Crippen molar-refractivity contribution in [1.82, 2.24) is 0 Å². The fourth-order valence-corrected chi connectivity index (χ4v) is 1.97. The van der Waals surface area contributed by atoms with Crippen LogP contribution in [-0.2, 0) is 23.4 Å². The van der Waals surface area contributed by atoms with Crippen LogP contribution < -0.4 is 0 Å². The number of rotatable bonds is 3. The average Bonchev–Trinajstić information content (AvgIpc) is 2.30. The van der Waals surface area contributed by atoms with Crippen molar-refractivity contribution in [2.45, 2.75) is 19.0 Å². The molecule has 1 saturated heterocycles. The average molecular weight is 192 g/mol. The van der Waals surface area contributed by atoms with Crippen LogP contribution in [0.2, 0.25) is 0 Å². The lowest BCUT2D eigenvalue weighted by Crippen LogP contribution is -2.10. The normalized spacial score (nSPS) is 25.6. The molecule has 2 unspecified atom stereocenters. The van der Waals surface area contributed by atoms with E-state index in [4.69, 9.17) is 4.52 Å². The molecule has 1 aliphatic heterocycles. The van der Waals surface area contributed by atoms with Gasteiger partial charge >= 0.3 is 11.9 Å². The summed E-state index contributed by atoms with van der Waals surface area (Å²) in [6.45, 7) is 1.94. The van der Waals surface area contributed by atoms with E-state index in [9.17, 15) is 14.2 Å². The number of esters is 2. The van der Waals surface area contributed by atoms with Gasteiger partial charge in [-0.1, -0.05) is 0 Å². The smallest absolute Gasteiger partial charge is 0.326 e. The molecule has 0 aromatic rings. The van der Waals surface area contributed by atoms with E-state index in [0.717, 1.165) is 0 Å². The Balaban J connectivity index is 2.58. The summed E-state index contributed by atoms with van der Waals surface area (Å²) in [5.41, 5.74) is -0.859. The maximum atomic E-state index is 11.1. The zero-order valence-electron chi connectivity index (χ0n) is 6.53. The van der Waals surface area contributed by atoms with E-state index in [2.05, 4.69) is 4.74 Å². The van der Waals surface area contributed by atoms with Crippen LogP contribution in [0.25, 0.3) is 0 Å². The lowest BCUT2D eigenvalue weighted by atomic mass is 10.4. The Labute approximate surface area is 69.9 Å². The molecule has 0 spiro atoms. The molecule has 0 aromatic carbocycles. The fourth-order valence-electron chi connectivity index (χ4n) is 0.897. The third-order valence-electron chi connectivity index (χ3n) is 1.44. The van der Waals surface area contributed by atoms with Gasteiger partial charge in [-0.05, 0) is 6.92 Å². The minimum atomic E-state index is -2.44. The van der Waals surface area contributed by atoms with Crippen LogP contribution in [0.15, 0.2) is 0 Å². The van der Waals surface area contributed by atoms with Crippen molar-refractivity contribution in [3.8, 4) is 0 Å². The second-order valence-electron chi connectivity index (χ2n) is 2.30. The Bertz CT molecular complexity index is 236. The van der Waals surface area contributed by atoms with Gasteiger partial charge in [-0.15, -0.1) is 0 Å². The van der Waals surface area contributed by atoms with Gasteiger partial charge in [-0.25, -0.2) is 0 Å². The van der Waals surface area contributed by atoms with E-state index < -0.39 is 25.6 Å². The first kappa shape index (κ1) is 9.42. The molecule has 0 N–H and O–H groups in total. The Morgan fingerprint density at radius 3 is 2.75 bits per heavy atom. The largest absolute Gasteiger partial charge is 0.392 e. The van der Waals surface area contributed by atoms with Gasteiger partial charge < -0.3 is 9.26 Å². The van der Waals surface area contributed by atoms with Gasteiger partial charge in [-0.3, -0.25) is 14.2 Å². The van der Waals surface area contributed by atoms with Crippen molar-refractivity contribution in [2.75, 3.05) is 6.61 Å². The molecule has 6 heteroatoms. The molecule has 2 atom stereocenters. The summed E-state index contributed by atoms with van der Waals surface area (Å²) >= 11 is 0. The fraction of sp³-hybridized carbons (Fsp3) is 0.667. The Kier molecular flexibility index (Phi) is 3.00. The van der Waals surface area contributed by atoms with Crippen LogP contribution in [0, 0.1) is 0 Å². The van der Waals surface area contributed by atoms with Crippen molar-refractivity contribution in [3.63, 3.8) is 0 Å². The minimum Gasteiger partial charge on any atom is -0.392 e. The molecule has 68 valence electrons. The molecule has 0 aliphatic carbocycles. The van der Waals surface area contributed by atoms with Crippen LogP contribution in [0.5, 0.6) is 0 Å². The second-order valence-corrected chi connectivity index (χ2v) is 3.93. The molecule has 12 heavy (non-hydrogen) atoms. The summed E-state index contributed by atoms with van der Waals surface area (Å²) in [5.74, 6) is -1.35. The van der Waals surface area contributed by atoms with Crippen molar-refractivity contribution >= 4 is 20.0 Å². The van der Waals surface area contributed by atoms with Crippen LogP contribution in [-0.4, -0.2) is 24.2 Å². The van der Waals surface area contributed by atoms with Crippen molar-refractivity contribution in [1.29, 1.82) is 0 Å². The van der Waals surface area contributed by atoms with E-state index in [0.29, 0.717) is 0 Å². The molecule has 0 radical (unpaired) electrons. The number of hydrogen-bond acceptors (Lipinski definition) is 5. The van der Waals surface area contributed by atoms with Gasteiger partial charge in [-0.2, -0.15) is 0 Å². The lowest BCUT2D eigenvalue weighted by Gasteiger charge is -2.02. The molecule has 1 rings (SSSR count). The van der Waals surface area contributed by atoms with Crippen molar-refractivity contribution < 1.29 is 23.4 Å². The van der Waals surface area contributed by atoms with Gasteiger partial charge in [0.15, 0.2) is 0 Å². The molecular weight excluding hydrogens is 183 g/mol.